The molecular weight excluding hydrogens is 555 g/mol. The van der Waals surface area contributed by atoms with Crippen molar-refractivity contribution in [1.29, 1.82) is 0 Å². The van der Waals surface area contributed by atoms with Crippen molar-refractivity contribution in [3.63, 3.8) is 0 Å². The number of hydrogen-bond donors (Lipinski definition) is 0. The summed E-state index contributed by atoms with van der Waals surface area (Å²) in [4.78, 5) is 3.88. The molecule has 1 aliphatic carbocycles. The third-order valence-electron chi connectivity index (χ3n) is 6.66. The van der Waals surface area contributed by atoms with Crippen LogP contribution in [0.4, 0.5) is 5.69 Å². The Morgan fingerprint density at radius 2 is 1.85 bits per heavy atom. The maximum absolute atomic E-state index is 2.57. The van der Waals surface area contributed by atoms with Crippen LogP contribution < -0.4 is 33.4 Å². The fraction of sp³-hybridized carbons (Fsp3) is 0.393. The highest BCUT2D eigenvalue weighted by atomic mass is 127. The first-order chi connectivity index (χ1) is 15.5. The summed E-state index contributed by atoms with van der Waals surface area (Å²) in [5.41, 5.74) is 4.65. The molecule has 0 amide bonds. The van der Waals surface area contributed by atoms with Crippen LogP contribution in [0, 0.1) is 11.3 Å². The number of benzene rings is 2. The largest absolute Gasteiger partial charge is 1.00 e. The monoisotopic (exact) mass is 588 g/mol. The van der Waals surface area contributed by atoms with E-state index < -0.39 is 0 Å². The Bertz CT molecular complexity index is 1210. The Balaban J connectivity index is 0.00000259. The maximum atomic E-state index is 2.57. The van der Waals surface area contributed by atoms with Gasteiger partial charge in [-0.25, -0.2) is 0 Å². The Kier molecular flexibility index (Phi) is 7.61. The van der Waals surface area contributed by atoms with Crippen LogP contribution in [0.1, 0.15) is 52.0 Å². The van der Waals surface area contributed by atoms with E-state index in [0.717, 1.165) is 13.1 Å². The number of hydrogen-bond acceptors (Lipinski definition) is 3. The van der Waals surface area contributed by atoms with Crippen LogP contribution in [0.2, 0.25) is 0 Å². The van der Waals surface area contributed by atoms with Gasteiger partial charge in [0.05, 0.1) is 10.7 Å². The maximum Gasteiger partial charge on any atom is 0.262 e. The normalized spacial score (nSPS) is 22.1. The average Bonchev–Trinajstić information content (AvgIpc) is 3.28. The summed E-state index contributed by atoms with van der Waals surface area (Å²) in [6, 6.07) is 17.6. The summed E-state index contributed by atoms with van der Waals surface area (Å²) in [6.07, 6.45) is 8.69. The lowest BCUT2D eigenvalue weighted by Gasteiger charge is -2.36. The van der Waals surface area contributed by atoms with Crippen molar-refractivity contribution in [1.82, 2.24) is 0 Å². The molecule has 1 unspecified atom stereocenters. The molecule has 1 aromatic heterocycles. The molecule has 1 fully saturated rings. The second-order valence-electron chi connectivity index (χ2n) is 9.78. The van der Waals surface area contributed by atoms with Crippen molar-refractivity contribution in [2.75, 3.05) is 11.4 Å². The summed E-state index contributed by atoms with van der Waals surface area (Å²) >= 11 is 3.87. The van der Waals surface area contributed by atoms with E-state index >= 15 is 0 Å². The van der Waals surface area contributed by atoms with E-state index in [1.165, 1.54) is 50.1 Å². The summed E-state index contributed by atoms with van der Waals surface area (Å²) < 4.78 is 3.86. The molecule has 174 valence electrons. The number of rotatable bonds is 4. The lowest BCUT2D eigenvalue weighted by atomic mass is 9.70. The van der Waals surface area contributed by atoms with Crippen LogP contribution in [0.25, 0.3) is 16.3 Å². The molecule has 1 saturated carbocycles. The topological polar surface area (TPSA) is 7.12 Å². The van der Waals surface area contributed by atoms with Gasteiger partial charge in [0.25, 0.3) is 5.01 Å². The van der Waals surface area contributed by atoms with Crippen LogP contribution in [-0.2, 0) is 6.54 Å². The predicted molar refractivity (Wildman–Crippen MR) is 140 cm³/mol. The molecule has 2 aliphatic rings. The SMILES string of the molecule is CCN1C(=CC2CC(=Cc3sc4ccccc4[n+]3CC)CC(C)(C)C2)Sc2ccccc21.[I-]. The zero-order valence-electron chi connectivity index (χ0n) is 20.0. The molecule has 3 aromatic rings. The molecule has 0 bridgehead atoms. The van der Waals surface area contributed by atoms with Gasteiger partial charge in [0.2, 0.25) is 5.52 Å². The Morgan fingerprint density at radius 3 is 2.64 bits per heavy atom. The number of allylic oxidation sites excluding steroid dienone is 2. The summed E-state index contributed by atoms with van der Waals surface area (Å²) in [5.74, 6) is 0.584. The van der Waals surface area contributed by atoms with Gasteiger partial charge in [0.1, 0.15) is 11.2 Å². The molecule has 0 N–H and O–H groups in total. The molecule has 2 heterocycles. The van der Waals surface area contributed by atoms with E-state index in [0.29, 0.717) is 11.3 Å². The first-order valence-electron chi connectivity index (χ1n) is 11.8. The van der Waals surface area contributed by atoms with Gasteiger partial charge in [-0.1, -0.05) is 72.9 Å². The lowest BCUT2D eigenvalue weighted by molar-refractivity contribution is -0.665. The van der Waals surface area contributed by atoms with Gasteiger partial charge in [0.15, 0.2) is 0 Å². The fourth-order valence-electron chi connectivity index (χ4n) is 5.47. The van der Waals surface area contributed by atoms with Crippen LogP contribution >= 0.6 is 23.1 Å². The van der Waals surface area contributed by atoms with E-state index in [-0.39, 0.29) is 24.0 Å². The van der Waals surface area contributed by atoms with Gasteiger partial charge in [0, 0.05) is 23.6 Å². The molecule has 5 rings (SSSR count). The minimum absolute atomic E-state index is 0. The highest BCUT2D eigenvalue weighted by Crippen LogP contribution is 2.49. The zero-order chi connectivity index (χ0) is 22.3. The number of aromatic nitrogens is 1. The van der Waals surface area contributed by atoms with E-state index in [2.05, 4.69) is 97.8 Å². The molecule has 1 aliphatic heterocycles. The third kappa shape index (κ3) is 5.06. The summed E-state index contributed by atoms with van der Waals surface area (Å²) in [7, 11) is 0. The van der Waals surface area contributed by atoms with E-state index in [9.17, 15) is 0 Å². The molecule has 0 radical (unpaired) electrons. The third-order valence-corrected chi connectivity index (χ3v) is 8.90. The number of para-hydroxylation sites is 2. The number of aryl methyl sites for hydroxylation is 1. The Morgan fingerprint density at radius 1 is 1.09 bits per heavy atom. The minimum Gasteiger partial charge on any atom is -1.00 e. The first-order valence-corrected chi connectivity index (χ1v) is 13.5. The first kappa shape index (κ1) is 24.8. The molecule has 2 nitrogen and oxygen atoms in total. The average molecular weight is 589 g/mol. The van der Waals surface area contributed by atoms with Crippen molar-refractivity contribution < 1.29 is 28.5 Å². The van der Waals surface area contributed by atoms with Crippen molar-refractivity contribution >= 4 is 45.1 Å². The van der Waals surface area contributed by atoms with Crippen molar-refractivity contribution in [3.05, 3.63) is 70.2 Å². The number of nitrogens with zero attached hydrogens (tertiary/aromatic N) is 2. The van der Waals surface area contributed by atoms with Gasteiger partial charge in [-0.15, -0.1) is 0 Å². The highest BCUT2D eigenvalue weighted by molar-refractivity contribution is 8.03. The number of halogens is 1. The molecular formula is C28H33IN2S2. The molecule has 0 spiro atoms. The number of thioether (sulfide) groups is 1. The molecule has 33 heavy (non-hydrogen) atoms. The van der Waals surface area contributed by atoms with Crippen molar-refractivity contribution in [2.24, 2.45) is 11.3 Å². The van der Waals surface area contributed by atoms with Gasteiger partial charge in [-0.3, -0.25) is 0 Å². The number of anilines is 1. The van der Waals surface area contributed by atoms with E-state index in [4.69, 9.17) is 0 Å². The van der Waals surface area contributed by atoms with Gasteiger partial charge in [-0.2, -0.15) is 4.57 Å². The predicted octanol–water partition coefficient (Wildman–Crippen LogP) is 4.90. The molecule has 0 saturated heterocycles. The second-order valence-corrected chi connectivity index (χ2v) is 11.9. The van der Waals surface area contributed by atoms with Crippen LogP contribution in [-0.4, -0.2) is 6.54 Å². The molecule has 2 aromatic carbocycles. The van der Waals surface area contributed by atoms with E-state index in [1.807, 2.05) is 23.1 Å². The highest BCUT2D eigenvalue weighted by Gasteiger charge is 2.33. The second kappa shape index (κ2) is 10.1. The summed E-state index contributed by atoms with van der Waals surface area (Å²) in [6.45, 7) is 11.4. The fourth-order valence-corrected chi connectivity index (χ4v) is 7.94. The van der Waals surface area contributed by atoms with E-state index in [1.54, 1.807) is 5.57 Å². The number of fused-ring (bicyclic) bond motifs is 2. The Labute approximate surface area is 223 Å². The smallest absolute Gasteiger partial charge is 0.262 e. The van der Waals surface area contributed by atoms with Crippen LogP contribution in [0.15, 0.2) is 70.1 Å². The van der Waals surface area contributed by atoms with Gasteiger partial charge >= 0.3 is 0 Å². The Hall–Kier alpha value is -1.31. The zero-order valence-corrected chi connectivity index (χ0v) is 23.8. The van der Waals surface area contributed by atoms with Gasteiger partial charge < -0.3 is 28.9 Å². The quantitative estimate of drug-likeness (QED) is 0.317. The van der Waals surface area contributed by atoms with Crippen molar-refractivity contribution in [2.45, 2.75) is 58.4 Å². The molecule has 5 heteroatoms. The van der Waals surface area contributed by atoms with Crippen LogP contribution in [0.5, 0.6) is 0 Å². The number of thiazole rings is 1. The van der Waals surface area contributed by atoms with Crippen LogP contribution in [0.3, 0.4) is 0 Å². The van der Waals surface area contributed by atoms with Crippen molar-refractivity contribution in [3.8, 4) is 0 Å². The standard InChI is InChI=1S/C28H33N2S2.HI/c1-5-29-22-11-7-9-13-24(22)31-26(29)16-20-15-21(19-28(3,4)18-20)17-27-30(6-2)23-12-8-10-14-25(23)32-27;/h7-14,16-17,20H,5-6,15,18-19H2,1-4H3;1H/q+1;/p-1. The summed E-state index contributed by atoms with van der Waals surface area (Å²) in [5, 5.41) is 2.81. The minimum atomic E-state index is 0. The van der Waals surface area contributed by atoms with Gasteiger partial charge in [-0.05, 0) is 62.6 Å². The lowest BCUT2D eigenvalue weighted by Crippen LogP contribution is -3.00. The molecule has 1 atom stereocenters.